The molecule has 0 aromatic carbocycles. The maximum atomic E-state index is 13.1. The number of carbonyl (C=O) groups is 1. The predicted molar refractivity (Wildman–Crippen MR) is 295 cm³/mol. The molecule has 418 valence electrons. The third kappa shape index (κ3) is 40.6. The molecule has 0 saturated carbocycles. The molecule has 1 saturated heterocycles. The Morgan fingerprint density at radius 1 is 0.429 bits per heavy atom. The van der Waals surface area contributed by atoms with Gasteiger partial charge in [-0.1, -0.05) is 309 Å². The van der Waals surface area contributed by atoms with Crippen molar-refractivity contribution in [3.63, 3.8) is 0 Å². The van der Waals surface area contributed by atoms with E-state index in [0.717, 1.165) is 38.5 Å². The molecule has 1 fully saturated rings. The quantitative estimate of drug-likeness (QED) is 0.0330. The van der Waals surface area contributed by atoms with E-state index in [4.69, 9.17) is 9.47 Å². The van der Waals surface area contributed by atoms with Gasteiger partial charge >= 0.3 is 0 Å². The van der Waals surface area contributed by atoms with Crippen LogP contribution in [0.3, 0.4) is 0 Å². The van der Waals surface area contributed by atoms with Gasteiger partial charge in [0.25, 0.3) is 0 Å². The summed E-state index contributed by atoms with van der Waals surface area (Å²) in [6.07, 6.45) is 55.9. The Hall–Kier alpha value is -0.810. The Kier molecular flexibility index (Phi) is 49.6. The van der Waals surface area contributed by atoms with Crippen LogP contribution in [0.5, 0.6) is 0 Å². The normalized spacial score (nSPS) is 19.2. The van der Waals surface area contributed by atoms with E-state index in [1.165, 1.54) is 263 Å². The monoisotopic (exact) mass is 996 g/mol. The van der Waals surface area contributed by atoms with Gasteiger partial charge in [0.2, 0.25) is 5.91 Å². The SMILES string of the molecule is CCCCCCCCCCCCCCCCCCCCCCCCCCCCCCCCCCC(=O)NC(COC1OC(CO)C(O)C(O)C1O)C(O)CCCCCCCCCCCCCCCCC. The average molecular weight is 997 g/mol. The lowest BCUT2D eigenvalue weighted by Crippen LogP contribution is -2.60. The highest BCUT2D eigenvalue weighted by Crippen LogP contribution is 2.24. The standard InChI is InChI=1S/C61H121NO8/c1-3-5-7-9-11-13-15-17-19-20-21-22-23-24-25-26-27-28-29-30-31-32-33-34-35-37-39-41-43-45-47-49-51-57(65)62-54(53-69-61-60(68)59(67)58(66)56(52-63)70-61)55(64)50-48-46-44-42-40-38-36-18-16-14-12-10-8-6-4-2/h54-56,58-61,63-64,66-68H,3-53H2,1-2H3,(H,62,65). The van der Waals surface area contributed by atoms with E-state index in [-0.39, 0.29) is 12.5 Å². The fourth-order valence-corrected chi connectivity index (χ4v) is 10.5. The number of rotatable bonds is 55. The summed E-state index contributed by atoms with van der Waals surface area (Å²) in [6.45, 7) is 3.88. The zero-order chi connectivity index (χ0) is 50.8. The highest BCUT2D eigenvalue weighted by molar-refractivity contribution is 5.76. The second-order valence-corrected chi connectivity index (χ2v) is 22.2. The van der Waals surface area contributed by atoms with E-state index in [1.54, 1.807) is 0 Å². The van der Waals surface area contributed by atoms with Crippen molar-refractivity contribution in [2.75, 3.05) is 13.2 Å². The predicted octanol–water partition coefficient (Wildman–Crippen LogP) is 15.8. The maximum absolute atomic E-state index is 13.1. The third-order valence-electron chi connectivity index (χ3n) is 15.5. The van der Waals surface area contributed by atoms with Gasteiger partial charge in [-0.05, 0) is 12.8 Å². The molecular weight excluding hydrogens is 875 g/mol. The molecule has 0 aliphatic carbocycles. The lowest BCUT2D eigenvalue weighted by molar-refractivity contribution is -0.302. The molecule has 1 aliphatic heterocycles. The van der Waals surface area contributed by atoms with Gasteiger partial charge in [0, 0.05) is 6.42 Å². The van der Waals surface area contributed by atoms with E-state index < -0.39 is 49.5 Å². The fraction of sp³-hybridized carbons (Fsp3) is 0.984. The molecule has 0 spiro atoms. The zero-order valence-corrected chi connectivity index (χ0v) is 46.6. The van der Waals surface area contributed by atoms with Gasteiger partial charge < -0.3 is 40.3 Å². The van der Waals surface area contributed by atoms with Gasteiger partial charge in [-0.25, -0.2) is 0 Å². The largest absolute Gasteiger partial charge is 0.394 e. The van der Waals surface area contributed by atoms with Crippen molar-refractivity contribution in [3.05, 3.63) is 0 Å². The lowest BCUT2D eigenvalue weighted by atomic mass is 9.99. The van der Waals surface area contributed by atoms with Gasteiger partial charge in [-0.15, -0.1) is 0 Å². The molecule has 6 N–H and O–H groups in total. The Balaban J connectivity index is 2.08. The molecule has 0 aromatic rings. The van der Waals surface area contributed by atoms with Crippen molar-refractivity contribution in [1.29, 1.82) is 0 Å². The number of aliphatic hydroxyl groups is 5. The Labute approximate surface area is 434 Å². The first-order chi connectivity index (χ1) is 34.3. The Bertz CT molecular complexity index is 1060. The molecular formula is C61H121NO8. The van der Waals surface area contributed by atoms with Crippen LogP contribution in [0.4, 0.5) is 0 Å². The van der Waals surface area contributed by atoms with Gasteiger partial charge in [-0.3, -0.25) is 4.79 Å². The number of unbranched alkanes of at least 4 members (excludes halogenated alkanes) is 45. The zero-order valence-electron chi connectivity index (χ0n) is 46.6. The molecule has 9 heteroatoms. The van der Waals surface area contributed by atoms with Crippen LogP contribution in [0, 0.1) is 0 Å². The molecule has 0 radical (unpaired) electrons. The van der Waals surface area contributed by atoms with Crippen molar-refractivity contribution in [3.8, 4) is 0 Å². The van der Waals surface area contributed by atoms with Crippen LogP contribution >= 0.6 is 0 Å². The topological polar surface area (TPSA) is 149 Å². The molecule has 0 aromatic heterocycles. The Morgan fingerprint density at radius 2 is 0.714 bits per heavy atom. The van der Waals surface area contributed by atoms with Crippen molar-refractivity contribution < 1.29 is 39.8 Å². The number of ether oxygens (including phenoxy) is 2. The summed E-state index contributed by atoms with van der Waals surface area (Å²) in [4.78, 5) is 13.1. The second kappa shape index (κ2) is 51.7. The van der Waals surface area contributed by atoms with Crippen molar-refractivity contribution in [2.45, 2.75) is 371 Å². The highest BCUT2D eigenvalue weighted by atomic mass is 16.7. The lowest BCUT2D eigenvalue weighted by Gasteiger charge is -2.40. The number of carbonyl (C=O) groups excluding carboxylic acids is 1. The van der Waals surface area contributed by atoms with Crippen LogP contribution in [0.15, 0.2) is 0 Å². The third-order valence-corrected chi connectivity index (χ3v) is 15.5. The molecule has 7 atom stereocenters. The van der Waals surface area contributed by atoms with Gasteiger partial charge in [0.05, 0.1) is 25.4 Å². The number of hydrogen-bond acceptors (Lipinski definition) is 8. The molecule has 70 heavy (non-hydrogen) atoms. The van der Waals surface area contributed by atoms with E-state index in [2.05, 4.69) is 19.2 Å². The molecule has 1 heterocycles. The van der Waals surface area contributed by atoms with Crippen molar-refractivity contribution in [2.24, 2.45) is 0 Å². The number of nitrogens with one attached hydrogen (secondary N) is 1. The first-order valence-electron chi connectivity index (χ1n) is 31.2. The summed E-state index contributed by atoms with van der Waals surface area (Å²) in [5.41, 5.74) is 0. The summed E-state index contributed by atoms with van der Waals surface area (Å²) in [5, 5.41) is 54.7. The van der Waals surface area contributed by atoms with Crippen LogP contribution < -0.4 is 5.32 Å². The smallest absolute Gasteiger partial charge is 0.220 e. The first-order valence-corrected chi connectivity index (χ1v) is 31.2. The van der Waals surface area contributed by atoms with E-state index in [9.17, 15) is 30.3 Å². The van der Waals surface area contributed by atoms with Gasteiger partial charge in [0.15, 0.2) is 6.29 Å². The minimum atomic E-state index is -1.55. The maximum Gasteiger partial charge on any atom is 0.220 e. The van der Waals surface area contributed by atoms with Crippen LogP contribution in [-0.2, 0) is 14.3 Å². The van der Waals surface area contributed by atoms with Crippen LogP contribution in [-0.4, -0.2) is 87.5 Å². The minimum Gasteiger partial charge on any atom is -0.394 e. The molecule has 7 unspecified atom stereocenters. The molecule has 1 aliphatic rings. The number of aliphatic hydroxyl groups excluding tert-OH is 5. The summed E-state index contributed by atoms with van der Waals surface area (Å²) in [6, 6.07) is -0.713. The van der Waals surface area contributed by atoms with E-state index in [1.807, 2.05) is 0 Å². The molecule has 0 bridgehead atoms. The van der Waals surface area contributed by atoms with Crippen LogP contribution in [0.2, 0.25) is 0 Å². The summed E-state index contributed by atoms with van der Waals surface area (Å²) in [5.74, 6) is -0.136. The van der Waals surface area contributed by atoms with Gasteiger partial charge in [-0.2, -0.15) is 0 Å². The van der Waals surface area contributed by atoms with Crippen molar-refractivity contribution in [1.82, 2.24) is 5.32 Å². The van der Waals surface area contributed by atoms with Crippen LogP contribution in [0.25, 0.3) is 0 Å². The van der Waals surface area contributed by atoms with Gasteiger partial charge in [0.1, 0.15) is 24.4 Å². The van der Waals surface area contributed by atoms with E-state index in [0.29, 0.717) is 12.8 Å². The highest BCUT2D eigenvalue weighted by Gasteiger charge is 2.44. The Morgan fingerprint density at radius 3 is 1.01 bits per heavy atom. The average Bonchev–Trinajstić information content (AvgIpc) is 3.36. The van der Waals surface area contributed by atoms with Crippen molar-refractivity contribution >= 4 is 5.91 Å². The van der Waals surface area contributed by atoms with Crippen LogP contribution in [0.1, 0.15) is 328 Å². The summed E-state index contributed by atoms with van der Waals surface area (Å²) >= 11 is 0. The number of hydrogen-bond donors (Lipinski definition) is 6. The number of amides is 1. The van der Waals surface area contributed by atoms with E-state index >= 15 is 0 Å². The summed E-state index contributed by atoms with van der Waals surface area (Å²) in [7, 11) is 0. The second-order valence-electron chi connectivity index (χ2n) is 22.2. The molecule has 1 amide bonds. The fourth-order valence-electron chi connectivity index (χ4n) is 10.5. The molecule has 1 rings (SSSR count). The first kappa shape index (κ1) is 67.2. The summed E-state index contributed by atoms with van der Waals surface area (Å²) < 4.78 is 11.3. The molecule has 9 nitrogen and oxygen atoms in total. The minimum absolute atomic E-state index is 0.131.